The van der Waals surface area contributed by atoms with Gasteiger partial charge in [-0.15, -0.1) is 12.4 Å². The van der Waals surface area contributed by atoms with E-state index >= 15 is 0 Å². The Bertz CT molecular complexity index is 1330. The Labute approximate surface area is 236 Å². The Balaban J connectivity index is 0.00000400. The van der Waals surface area contributed by atoms with Crippen molar-refractivity contribution >= 4 is 55.0 Å². The van der Waals surface area contributed by atoms with Crippen molar-refractivity contribution in [1.29, 1.82) is 0 Å². The summed E-state index contributed by atoms with van der Waals surface area (Å²) in [5.41, 5.74) is 2.40. The molecule has 208 valence electrons. The summed E-state index contributed by atoms with van der Waals surface area (Å²) in [5.74, 6) is -0.193. The normalized spacial score (nSPS) is 18.5. The van der Waals surface area contributed by atoms with Crippen LogP contribution in [-0.4, -0.2) is 80.0 Å². The third-order valence-electron chi connectivity index (χ3n) is 6.74. The van der Waals surface area contributed by atoms with Crippen LogP contribution in [0.5, 0.6) is 0 Å². The average Bonchev–Trinajstić information content (AvgIpc) is 3.31. The van der Waals surface area contributed by atoms with Gasteiger partial charge in [0, 0.05) is 31.7 Å². The van der Waals surface area contributed by atoms with Crippen LogP contribution in [0.2, 0.25) is 0 Å². The summed E-state index contributed by atoms with van der Waals surface area (Å²) < 4.78 is 34.7. The second-order valence-electron chi connectivity index (χ2n) is 9.51. The molecule has 2 atom stereocenters. The number of hydrogen-bond acceptors (Lipinski definition) is 7. The molecule has 2 unspecified atom stereocenters. The molecule has 0 bridgehead atoms. The predicted molar refractivity (Wildman–Crippen MR) is 156 cm³/mol. The topological polar surface area (TPSA) is 83.1 Å². The molecule has 1 fully saturated rings. The number of anilines is 1. The van der Waals surface area contributed by atoms with E-state index in [4.69, 9.17) is 9.72 Å². The lowest BCUT2D eigenvalue weighted by Crippen LogP contribution is -2.48. The molecule has 2 aromatic carbocycles. The monoisotopic (exact) mass is 580 g/mol. The van der Waals surface area contributed by atoms with Crippen LogP contribution >= 0.6 is 23.7 Å². The number of thiazole rings is 1. The smallest absolute Gasteiger partial charge is 0.260 e. The number of rotatable bonds is 9. The SMILES string of the molecule is CCN(CC)CCN(C(=O)c1ccc(S(=O)(=O)N2CC(C)OC(C)C2)cc1)c1nc2c(C)cccc2s1.Cl. The summed E-state index contributed by atoms with van der Waals surface area (Å²) in [6.07, 6.45) is -0.340. The lowest BCUT2D eigenvalue weighted by molar-refractivity contribution is -0.0440. The zero-order valence-corrected chi connectivity index (χ0v) is 25.0. The number of carbonyl (C=O) groups is 1. The van der Waals surface area contributed by atoms with Crippen LogP contribution in [0.15, 0.2) is 47.4 Å². The van der Waals surface area contributed by atoms with Gasteiger partial charge in [-0.25, -0.2) is 13.4 Å². The average molecular weight is 581 g/mol. The molecule has 38 heavy (non-hydrogen) atoms. The number of morpholine rings is 1. The number of amides is 1. The molecule has 0 saturated carbocycles. The number of aryl methyl sites for hydroxylation is 1. The van der Waals surface area contributed by atoms with E-state index in [1.807, 2.05) is 39.0 Å². The quantitative estimate of drug-likeness (QED) is 0.361. The molecule has 0 N–H and O–H groups in total. The number of benzene rings is 2. The summed E-state index contributed by atoms with van der Waals surface area (Å²) in [4.78, 5) is 22.7. The maximum Gasteiger partial charge on any atom is 0.260 e. The molecule has 1 aliphatic heterocycles. The number of likely N-dealkylation sites (N-methyl/N-ethyl adjacent to an activating group) is 1. The van der Waals surface area contributed by atoms with Crippen LogP contribution in [0.3, 0.4) is 0 Å². The summed E-state index contributed by atoms with van der Waals surface area (Å²) in [6, 6.07) is 12.3. The highest BCUT2D eigenvalue weighted by atomic mass is 35.5. The van der Waals surface area contributed by atoms with E-state index in [0.717, 1.165) is 28.9 Å². The number of fused-ring (bicyclic) bond motifs is 1. The standard InChI is InChI=1S/C27H36N4O4S2.ClH/c1-6-29(7-2)15-16-31(27-28-25-19(3)9-8-10-24(25)36-27)26(32)22-11-13-23(14-12-22)37(33,34)30-17-20(4)35-21(5)18-30;/h8-14,20-21H,6-7,15-18H2,1-5H3;1H. The minimum Gasteiger partial charge on any atom is -0.373 e. The first-order valence-electron chi connectivity index (χ1n) is 12.8. The van der Waals surface area contributed by atoms with Crippen molar-refractivity contribution in [2.24, 2.45) is 0 Å². The van der Waals surface area contributed by atoms with E-state index in [0.29, 0.717) is 36.9 Å². The molecule has 3 aromatic rings. The summed E-state index contributed by atoms with van der Waals surface area (Å²) >= 11 is 1.50. The molecule has 2 heterocycles. The Morgan fingerprint density at radius 1 is 1.05 bits per heavy atom. The van der Waals surface area contributed by atoms with Crippen LogP contribution in [0.25, 0.3) is 10.2 Å². The van der Waals surface area contributed by atoms with Gasteiger partial charge in [0.2, 0.25) is 10.0 Å². The van der Waals surface area contributed by atoms with Crippen molar-refractivity contribution in [2.75, 3.05) is 44.2 Å². The minimum absolute atomic E-state index is 0. The van der Waals surface area contributed by atoms with Gasteiger partial charge in [0.05, 0.1) is 27.3 Å². The number of aromatic nitrogens is 1. The molecule has 0 spiro atoms. The predicted octanol–water partition coefficient (Wildman–Crippen LogP) is 4.81. The lowest BCUT2D eigenvalue weighted by atomic mass is 10.2. The number of halogens is 1. The Morgan fingerprint density at radius 2 is 1.68 bits per heavy atom. The highest BCUT2D eigenvalue weighted by Crippen LogP contribution is 2.31. The fraction of sp³-hybridized carbons (Fsp3) is 0.481. The minimum atomic E-state index is -3.68. The van der Waals surface area contributed by atoms with Crippen molar-refractivity contribution in [1.82, 2.24) is 14.2 Å². The number of sulfonamides is 1. The van der Waals surface area contributed by atoms with Gasteiger partial charge >= 0.3 is 0 Å². The molecule has 0 radical (unpaired) electrons. The lowest BCUT2D eigenvalue weighted by Gasteiger charge is -2.34. The molecule has 1 amide bonds. The van der Waals surface area contributed by atoms with Gasteiger partial charge < -0.3 is 9.64 Å². The fourth-order valence-corrected chi connectivity index (χ4v) is 7.32. The van der Waals surface area contributed by atoms with Crippen LogP contribution in [0.1, 0.15) is 43.6 Å². The van der Waals surface area contributed by atoms with Crippen LogP contribution in [-0.2, 0) is 14.8 Å². The molecule has 1 aliphatic rings. The number of carbonyl (C=O) groups excluding carboxylic acids is 1. The molecule has 0 aliphatic carbocycles. The van der Waals surface area contributed by atoms with Gasteiger partial charge in [-0.05, 0) is 69.8 Å². The number of hydrogen-bond donors (Lipinski definition) is 0. The molecule has 1 aromatic heterocycles. The second-order valence-corrected chi connectivity index (χ2v) is 12.5. The molecule has 1 saturated heterocycles. The molecule has 8 nitrogen and oxygen atoms in total. The van der Waals surface area contributed by atoms with E-state index in [-0.39, 0.29) is 35.4 Å². The maximum atomic E-state index is 13.7. The van der Waals surface area contributed by atoms with Crippen molar-refractivity contribution in [3.05, 3.63) is 53.6 Å². The zero-order chi connectivity index (χ0) is 26.7. The molecular weight excluding hydrogens is 544 g/mol. The Kier molecular flexibility index (Phi) is 10.3. The first kappa shape index (κ1) is 30.5. The van der Waals surface area contributed by atoms with Gasteiger partial charge in [-0.3, -0.25) is 9.69 Å². The van der Waals surface area contributed by atoms with E-state index in [2.05, 4.69) is 18.7 Å². The number of para-hydroxylation sites is 1. The highest BCUT2D eigenvalue weighted by Gasteiger charge is 2.32. The van der Waals surface area contributed by atoms with Crippen LogP contribution in [0, 0.1) is 6.92 Å². The van der Waals surface area contributed by atoms with Crippen LogP contribution in [0.4, 0.5) is 5.13 Å². The summed E-state index contributed by atoms with van der Waals surface area (Å²) in [7, 11) is -3.68. The third kappa shape index (κ3) is 6.55. The Morgan fingerprint density at radius 3 is 2.26 bits per heavy atom. The van der Waals surface area contributed by atoms with Crippen molar-refractivity contribution in [2.45, 2.75) is 51.7 Å². The first-order valence-corrected chi connectivity index (χ1v) is 15.1. The molecular formula is C27H37ClN4O4S2. The van der Waals surface area contributed by atoms with Gasteiger partial charge in [-0.1, -0.05) is 37.3 Å². The van der Waals surface area contributed by atoms with Gasteiger partial charge in [0.25, 0.3) is 5.91 Å². The number of nitrogens with zero attached hydrogens (tertiary/aromatic N) is 4. The first-order chi connectivity index (χ1) is 17.6. The highest BCUT2D eigenvalue weighted by molar-refractivity contribution is 7.89. The fourth-order valence-electron chi connectivity index (χ4n) is 4.66. The zero-order valence-electron chi connectivity index (χ0n) is 22.6. The van der Waals surface area contributed by atoms with Gasteiger partial charge in [-0.2, -0.15) is 4.31 Å². The van der Waals surface area contributed by atoms with E-state index in [1.165, 1.54) is 27.8 Å². The third-order valence-corrected chi connectivity index (χ3v) is 9.63. The van der Waals surface area contributed by atoms with Gasteiger partial charge in [0.1, 0.15) is 0 Å². The van der Waals surface area contributed by atoms with Crippen molar-refractivity contribution in [3.8, 4) is 0 Å². The van der Waals surface area contributed by atoms with Gasteiger partial charge in [0.15, 0.2) is 5.13 Å². The Hall–Kier alpha value is -2.08. The van der Waals surface area contributed by atoms with Crippen LogP contribution < -0.4 is 4.90 Å². The number of ether oxygens (including phenoxy) is 1. The summed E-state index contributed by atoms with van der Waals surface area (Å²) in [5, 5.41) is 0.648. The van der Waals surface area contributed by atoms with E-state index in [9.17, 15) is 13.2 Å². The van der Waals surface area contributed by atoms with Crippen molar-refractivity contribution < 1.29 is 17.9 Å². The molecule has 11 heteroatoms. The van der Waals surface area contributed by atoms with Crippen molar-refractivity contribution in [3.63, 3.8) is 0 Å². The second kappa shape index (κ2) is 12.8. The van der Waals surface area contributed by atoms with E-state index < -0.39 is 10.0 Å². The molecule has 4 rings (SSSR count). The summed E-state index contributed by atoms with van der Waals surface area (Å²) in [6.45, 7) is 13.6. The van der Waals surface area contributed by atoms with E-state index in [1.54, 1.807) is 17.0 Å². The maximum absolute atomic E-state index is 13.7. The largest absolute Gasteiger partial charge is 0.373 e.